The van der Waals surface area contributed by atoms with Crippen LogP contribution < -0.4 is 92.9 Å². The van der Waals surface area contributed by atoms with E-state index in [1.165, 1.54) is 13.8 Å². The molecule has 0 bridgehead atoms. The molecule has 91 heavy (non-hydrogen) atoms. The van der Waals surface area contributed by atoms with Crippen LogP contribution in [0.2, 0.25) is 0 Å². The highest BCUT2D eigenvalue weighted by Crippen LogP contribution is 2.14. The Morgan fingerprint density at radius 1 is 0.604 bits per heavy atom. The molecule has 32 nitrogen and oxygen atoms in total. The lowest BCUT2D eigenvalue weighted by molar-refractivity contribution is -0.155. The maximum absolute atomic E-state index is 14.7. The summed E-state index contributed by atoms with van der Waals surface area (Å²) in [5.41, 5.74) is 35.8. The van der Waals surface area contributed by atoms with Crippen LogP contribution >= 0.6 is 0 Å². The maximum Gasteiger partial charge on any atom is 0.325 e. The average molecular weight is 1290 g/mol. The Morgan fingerprint density at radius 2 is 1.11 bits per heavy atom. The van der Waals surface area contributed by atoms with E-state index in [1.54, 1.807) is 44.2 Å². The van der Waals surface area contributed by atoms with Crippen LogP contribution in [0, 0.1) is 11.8 Å². The molecule has 1 fully saturated rings. The molecule has 0 spiro atoms. The minimum absolute atomic E-state index is 0.0259. The minimum Gasteiger partial charge on any atom is -0.459 e. The molecule has 0 aliphatic carbocycles. The molecule has 11 amide bonds. The number of benzene rings is 1. The van der Waals surface area contributed by atoms with Crippen molar-refractivity contribution in [1.82, 2.24) is 58.5 Å². The highest BCUT2D eigenvalue weighted by molar-refractivity contribution is 5.99. The molecule has 1 aromatic carbocycles. The van der Waals surface area contributed by atoms with Gasteiger partial charge in [-0.1, -0.05) is 77.3 Å². The number of nitrogens with one attached hydrogen (secondary N) is 11. The van der Waals surface area contributed by atoms with Gasteiger partial charge in [0.2, 0.25) is 65.0 Å². The molecule has 1 aromatic rings. The van der Waals surface area contributed by atoms with Crippen molar-refractivity contribution in [2.24, 2.45) is 46.2 Å². The third kappa shape index (κ3) is 28.7. The van der Waals surface area contributed by atoms with Crippen LogP contribution in [0.25, 0.3) is 0 Å². The number of aliphatic hydroxyl groups is 2. The zero-order valence-corrected chi connectivity index (χ0v) is 53.4. The summed E-state index contributed by atoms with van der Waals surface area (Å²) in [6, 6.07) is -8.48. The second-order valence-corrected chi connectivity index (χ2v) is 23.2. The van der Waals surface area contributed by atoms with E-state index in [4.69, 9.17) is 39.1 Å². The molecule has 2 rings (SSSR count). The van der Waals surface area contributed by atoms with Crippen molar-refractivity contribution in [2.45, 2.75) is 204 Å². The summed E-state index contributed by atoms with van der Waals surface area (Å²) in [4.78, 5) is 169. The van der Waals surface area contributed by atoms with Gasteiger partial charge in [-0.05, 0) is 115 Å². The quantitative estimate of drug-likeness (QED) is 0.0236. The molecule has 14 atom stereocenters. The lowest BCUT2D eigenvalue weighted by Crippen LogP contribution is -2.62. The van der Waals surface area contributed by atoms with Crippen molar-refractivity contribution in [3.8, 4) is 0 Å². The number of unbranched alkanes of at least 4 members (excludes halogenated alkanes) is 1. The van der Waals surface area contributed by atoms with Crippen molar-refractivity contribution < 1.29 is 72.5 Å². The number of hydrogen-bond acceptors (Lipinski definition) is 21. The molecule has 25 N–H and O–H groups in total. The molecule has 0 aromatic heterocycles. The minimum atomic E-state index is -1.84. The Balaban J connectivity index is 2.77. The van der Waals surface area contributed by atoms with E-state index < -0.39 is 169 Å². The van der Waals surface area contributed by atoms with Crippen LogP contribution in [0.1, 0.15) is 124 Å². The second kappa shape index (κ2) is 42.6. The number of amides is 11. The third-order valence-electron chi connectivity index (χ3n) is 15.0. The SMILES string of the molecule is CC[C@H](C)CCCCC(=O)N[C@@H](CCN)C(=O)N[C@H](C(=O)N[C@@H](CCN)C(=O)N[C@H]1CCNC(=O)[C@H]([C@@H](C)O)NC(=O)[C@H](CCN)NC(=O)[C@H](CCN)NC(=O)[C@H](CC(C)C)NC(=O)[C@@H](Cc2ccccc2)NC(=O)[C@H](CCN)NC1=O)[C@@H](C)OC(=O)[C@@H](N)CO. The van der Waals surface area contributed by atoms with Crippen LogP contribution in [-0.2, 0) is 68.7 Å². The van der Waals surface area contributed by atoms with Gasteiger partial charge in [0.25, 0.3) is 0 Å². The van der Waals surface area contributed by atoms with Gasteiger partial charge in [0.05, 0.1) is 12.7 Å². The number of rotatable bonds is 32. The molecule has 0 saturated carbocycles. The molecule has 1 saturated heterocycles. The number of aliphatic hydroxyl groups excluding tert-OH is 2. The molecule has 32 heteroatoms. The van der Waals surface area contributed by atoms with Gasteiger partial charge in [-0.25, -0.2) is 0 Å². The zero-order chi connectivity index (χ0) is 68.3. The lowest BCUT2D eigenvalue weighted by atomic mass is 10.00. The Morgan fingerprint density at radius 3 is 1.63 bits per heavy atom. The number of carbonyl (C=O) groups excluding carboxylic acids is 12. The number of carbonyl (C=O) groups is 12. The van der Waals surface area contributed by atoms with Gasteiger partial charge in [0, 0.05) is 19.4 Å². The maximum atomic E-state index is 14.7. The number of ether oxygens (including phenoxy) is 1. The van der Waals surface area contributed by atoms with Gasteiger partial charge >= 0.3 is 5.97 Å². The van der Waals surface area contributed by atoms with Gasteiger partial charge in [-0.3, -0.25) is 57.5 Å². The van der Waals surface area contributed by atoms with E-state index in [2.05, 4.69) is 72.3 Å². The first kappa shape index (κ1) is 79.6. The topological polar surface area (TPSA) is 543 Å². The molecule has 0 unspecified atom stereocenters. The van der Waals surface area contributed by atoms with Crippen LogP contribution in [0.5, 0.6) is 0 Å². The molecule has 1 aliphatic rings. The summed E-state index contributed by atoms with van der Waals surface area (Å²) in [5.74, 6) is -11.2. The predicted octanol–water partition coefficient (Wildman–Crippen LogP) is -6.37. The number of esters is 1. The molecule has 1 aliphatic heterocycles. The van der Waals surface area contributed by atoms with Crippen molar-refractivity contribution in [2.75, 3.05) is 45.9 Å². The summed E-state index contributed by atoms with van der Waals surface area (Å²) in [7, 11) is 0. The van der Waals surface area contributed by atoms with Gasteiger partial charge in [0.15, 0.2) is 0 Å². The highest BCUT2D eigenvalue weighted by Gasteiger charge is 2.39. The fourth-order valence-electron chi connectivity index (χ4n) is 9.52. The van der Waals surface area contributed by atoms with Crippen LogP contribution in [-0.4, -0.2) is 206 Å². The average Bonchev–Trinajstić information content (AvgIpc) is 2.38. The summed E-state index contributed by atoms with van der Waals surface area (Å²) in [6.07, 6.45) is -1.65. The molecule has 1 heterocycles. The van der Waals surface area contributed by atoms with Crippen molar-refractivity contribution in [1.29, 1.82) is 0 Å². The van der Waals surface area contributed by atoms with Crippen molar-refractivity contribution in [3.05, 3.63) is 35.9 Å². The van der Waals surface area contributed by atoms with Gasteiger partial charge in [-0.2, -0.15) is 0 Å². The summed E-state index contributed by atoms with van der Waals surface area (Å²) in [5, 5.41) is 48.5. The Hall–Kier alpha value is -7.46. The standard InChI is InChI=1S/C59H103N17O15/c1-7-33(4)13-11-12-16-46(79)67-38(17-23-60)53(84)76-48(35(6)91-59(90)37(65)31-77)58(89)72-41(20-26-63)50(81)71-43-22-28-66-57(88)47(34(5)78)75-54(85)42(21-27-64)69-49(80)39(18-24-61)70-55(86)44(29-32(2)3)73-56(87)45(30-36-14-9-8-10-15-36)74-51(82)40(19-25-62)68-52(43)83/h8-10,14-15,32-35,37-45,47-48,77-78H,7,11-13,16-31,60-65H2,1-6H3,(H,66,88)(H,67,79)(H,68,83)(H,69,80)(H,70,86)(H,71,81)(H,72,89)(H,73,87)(H,74,82)(H,75,85)(H,76,84)/t33-,34+,35+,37-,38-,39-,40-,41-,42-,43-,44-,45+,47-,48-/m0/s1. The summed E-state index contributed by atoms with van der Waals surface area (Å²) < 4.78 is 5.38. The molecule has 0 radical (unpaired) electrons. The van der Waals surface area contributed by atoms with E-state index in [0.717, 1.165) is 19.3 Å². The molecular weight excluding hydrogens is 1190 g/mol. The second-order valence-electron chi connectivity index (χ2n) is 23.2. The summed E-state index contributed by atoms with van der Waals surface area (Å²) in [6.45, 7) is 7.82. The van der Waals surface area contributed by atoms with Gasteiger partial charge < -0.3 is 108 Å². The predicted molar refractivity (Wildman–Crippen MR) is 335 cm³/mol. The monoisotopic (exact) mass is 1290 g/mol. The molecule has 514 valence electrons. The largest absolute Gasteiger partial charge is 0.459 e. The van der Waals surface area contributed by atoms with Crippen LogP contribution in [0.15, 0.2) is 30.3 Å². The van der Waals surface area contributed by atoms with E-state index >= 15 is 0 Å². The van der Waals surface area contributed by atoms with E-state index in [1.807, 2.05) is 0 Å². The van der Waals surface area contributed by atoms with E-state index in [9.17, 15) is 67.7 Å². The fraction of sp³-hybridized carbons (Fsp3) is 0.695. The first-order chi connectivity index (χ1) is 43.2. The van der Waals surface area contributed by atoms with Crippen molar-refractivity contribution >= 4 is 70.9 Å². The lowest BCUT2D eigenvalue weighted by Gasteiger charge is -2.30. The zero-order valence-electron chi connectivity index (χ0n) is 53.4. The van der Waals surface area contributed by atoms with Gasteiger partial charge in [0.1, 0.15) is 72.6 Å². The highest BCUT2D eigenvalue weighted by atomic mass is 16.5. The fourth-order valence-corrected chi connectivity index (χ4v) is 9.52. The normalized spacial score (nSPS) is 22.5. The van der Waals surface area contributed by atoms with Crippen LogP contribution in [0.3, 0.4) is 0 Å². The van der Waals surface area contributed by atoms with Crippen molar-refractivity contribution in [3.63, 3.8) is 0 Å². The first-order valence-corrected chi connectivity index (χ1v) is 31.3. The molecular formula is C59H103N17O15. The van der Waals surface area contributed by atoms with E-state index in [-0.39, 0.29) is 90.0 Å². The number of nitrogens with two attached hydrogens (primary N) is 6. The Kier molecular flexibility index (Phi) is 37.3. The van der Waals surface area contributed by atoms with E-state index in [0.29, 0.717) is 17.9 Å². The number of hydrogen-bond donors (Lipinski definition) is 19. The van der Waals surface area contributed by atoms with Gasteiger partial charge in [-0.15, -0.1) is 0 Å². The third-order valence-corrected chi connectivity index (χ3v) is 15.0. The Bertz CT molecular complexity index is 2520. The smallest absolute Gasteiger partial charge is 0.325 e. The Labute approximate surface area is 531 Å². The summed E-state index contributed by atoms with van der Waals surface area (Å²) >= 11 is 0. The van der Waals surface area contributed by atoms with Crippen LogP contribution in [0.4, 0.5) is 0 Å². The first-order valence-electron chi connectivity index (χ1n) is 31.3.